The molecule has 1 saturated heterocycles. The van der Waals surface area contributed by atoms with Crippen molar-refractivity contribution in [3.05, 3.63) is 0 Å². The molecule has 1 fully saturated rings. The van der Waals surface area contributed by atoms with E-state index in [2.05, 4.69) is 19.2 Å². The van der Waals surface area contributed by atoms with Crippen molar-refractivity contribution in [3.8, 4) is 0 Å². The van der Waals surface area contributed by atoms with E-state index in [0.29, 0.717) is 19.1 Å². The Hall–Kier alpha value is -0.610. The summed E-state index contributed by atoms with van der Waals surface area (Å²) in [6.07, 6.45) is 2.78. The van der Waals surface area contributed by atoms with E-state index in [1.807, 2.05) is 0 Å². The second-order valence-corrected chi connectivity index (χ2v) is 4.85. The second-order valence-electron chi connectivity index (χ2n) is 4.85. The highest BCUT2D eigenvalue weighted by molar-refractivity contribution is 5.79. The van der Waals surface area contributed by atoms with Crippen LogP contribution in [0.3, 0.4) is 0 Å². The van der Waals surface area contributed by atoms with Gasteiger partial charge in [-0.1, -0.05) is 13.8 Å². The topological polar surface area (TPSA) is 64.3 Å². The lowest BCUT2D eigenvalue weighted by atomic mass is 9.97. The zero-order valence-electron chi connectivity index (χ0n) is 10.4. The molecule has 94 valence electrons. The van der Waals surface area contributed by atoms with E-state index in [0.717, 1.165) is 25.9 Å². The lowest BCUT2D eigenvalue weighted by Gasteiger charge is -2.26. The van der Waals surface area contributed by atoms with Gasteiger partial charge in [0.15, 0.2) is 0 Å². The van der Waals surface area contributed by atoms with Crippen LogP contribution in [0, 0.1) is 11.8 Å². The van der Waals surface area contributed by atoms with Crippen molar-refractivity contribution in [1.29, 1.82) is 0 Å². The van der Waals surface area contributed by atoms with Crippen LogP contribution < -0.4 is 11.1 Å². The number of hydrogen-bond acceptors (Lipinski definition) is 3. The molecule has 0 radical (unpaired) electrons. The summed E-state index contributed by atoms with van der Waals surface area (Å²) in [5.74, 6) is 0.594. The Labute approximate surface area is 97.9 Å². The van der Waals surface area contributed by atoms with Crippen molar-refractivity contribution in [2.45, 2.75) is 39.2 Å². The molecule has 0 bridgehead atoms. The zero-order valence-corrected chi connectivity index (χ0v) is 10.4. The molecule has 4 heteroatoms. The van der Waals surface area contributed by atoms with E-state index in [1.165, 1.54) is 0 Å². The molecule has 3 N–H and O–H groups in total. The molecule has 0 saturated carbocycles. The van der Waals surface area contributed by atoms with Crippen LogP contribution >= 0.6 is 0 Å². The second kappa shape index (κ2) is 6.86. The number of carbonyl (C=O) groups is 1. The van der Waals surface area contributed by atoms with Gasteiger partial charge in [-0.25, -0.2) is 0 Å². The molecule has 0 spiro atoms. The van der Waals surface area contributed by atoms with Crippen molar-refractivity contribution >= 4 is 5.91 Å². The average Bonchev–Trinajstić information content (AvgIpc) is 2.29. The third-order valence-electron chi connectivity index (χ3n) is 3.14. The number of nitrogens with two attached hydrogens (primary N) is 1. The normalized spacial score (nSPS) is 23.1. The fraction of sp³-hybridized carbons (Fsp3) is 0.917. The molecule has 1 amide bonds. The van der Waals surface area contributed by atoms with Gasteiger partial charge in [-0.15, -0.1) is 0 Å². The number of ether oxygens (including phenoxy) is 1. The van der Waals surface area contributed by atoms with Gasteiger partial charge in [0.25, 0.3) is 0 Å². The third-order valence-corrected chi connectivity index (χ3v) is 3.14. The van der Waals surface area contributed by atoms with Crippen molar-refractivity contribution in [2.75, 3.05) is 19.8 Å². The molecule has 16 heavy (non-hydrogen) atoms. The number of nitrogens with one attached hydrogen (secondary N) is 1. The monoisotopic (exact) mass is 228 g/mol. The standard InChI is InChI=1S/C12H24N2O2/c1-9(2)11(5-6-13)14-12(15)10-4-3-7-16-8-10/h9-11H,3-8,13H2,1-2H3,(H,14,15). The highest BCUT2D eigenvalue weighted by Gasteiger charge is 2.24. The van der Waals surface area contributed by atoms with Crippen LogP contribution in [-0.4, -0.2) is 31.7 Å². The maximum absolute atomic E-state index is 12.0. The van der Waals surface area contributed by atoms with Crippen LogP contribution in [0.15, 0.2) is 0 Å². The van der Waals surface area contributed by atoms with E-state index >= 15 is 0 Å². The van der Waals surface area contributed by atoms with E-state index < -0.39 is 0 Å². The first-order chi connectivity index (χ1) is 7.65. The van der Waals surface area contributed by atoms with Gasteiger partial charge < -0.3 is 15.8 Å². The van der Waals surface area contributed by atoms with Crippen molar-refractivity contribution < 1.29 is 9.53 Å². The summed E-state index contributed by atoms with van der Waals surface area (Å²) in [5, 5.41) is 3.09. The van der Waals surface area contributed by atoms with Gasteiger partial charge in [0.1, 0.15) is 0 Å². The fourth-order valence-electron chi connectivity index (χ4n) is 2.00. The minimum atomic E-state index is 0.0350. The summed E-state index contributed by atoms with van der Waals surface area (Å²) in [7, 11) is 0. The van der Waals surface area contributed by atoms with Gasteiger partial charge in [-0.2, -0.15) is 0 Å². The number of hydrogen-bond donors (Lipinski definition) is 2. The van der Waals surface area contributed by atoms with E-state index in [4.69, 9.17) is 10.5 Å². The summed E-state index contributed by atoms with van der Waals surface area (Å²) in [4.78, 5) is 12.0. The molecule has 1 aliphatic rings. The first kappa shape index (κ1) is 13.5. The van der Waals surface area contributed by atoms with E-state index in [-0.39, 0.29) is 17.9 Å². The highest BCUT2D eigenvalue weighted by atomic mass is 16.5. The number of amides is 1. The predicted molar refractivity (Wildman–Crippen MR) is 64.0 cm³/mol. The average molecular weight is 228 g/mol. The first-order valence-electron chi connectivity index (χ1n) is 6.23. The molecule has 0 aromatic rings. The quantitative estimate of drug-likeness (QED) is 0.735. The van der Waals surface area contributed by atoms with Crippen LogP contribution in [0.4, 0.5) is 0 Å². The minimum Gasteiger partial charge on any atom is -0.381 e. The molecule has 1 rings (SSSR count). The van der Waals surface area contributed by atoms with Crippen molar-refractivity contribution in [3.63, 3.8) is 0 Å². The third kappa shape index (κ3) is 4.10. The van der Waals surface area contributed by atoms with E-state index in [1.54, 1.807) is 0 Å². The van der Waals surface area contributed by atoms with Gasteiger partial charge in [-0.3, -0.25) is 4.79 Å². The van der Waals surface area contributed by atoms with Crippen LogP contribution in [0.2, 0.25) is 0 Å². The largest absolute Gasteiger partial charge is 0.381 e. The molecule has 2 atom stereocenters. The molecular weight excluding hydrogens is 204 g/mol. The summed E-state index contributed by atoms with van der Waals surface area (Å²) in [6.45, 7) is 6.19. The van der Waals surface area contributed by atoms with Crippen LogP contribution in [0.1, 0.15) is 33.1 Å². The molecular formula is C12H24N2O2. The smallest absolute Gasteiger partial charge is 0.225 e. The Balaban J connectivity index is 2.40. The lowest BCUT2D eigenvalue weighted by Crippen LogP contribution is -2.44. The van der Waals surface area contributed by atoms with Gasteiger partial charge in [0, 0.05) is 12.6 Å². The van der Waals surface area contributed by atoms with Crippen molar-refractivity contribution in [1.82, 2.24) is 5.32 Å². The summed E-state index contributed by atoms with van der Waals surface area (Å²) >= 11 is 0. The Morgan fingerprint density at radius 1 is 1.56 bits per heavy atom. The molecule has 0 aliphatic carbocycles. The minimum absolute atomic E-state index is 0.0350. The molecule has 2 unspecified atom stereocenters. The maximum atomic E-state index is 12.0. The number of carbonyl (C=O) groups excluding carboxylic acids is 1. The van der Waals surface area contributed by atoms with Crippen molar-refractivity contribution in [2.24, 2.45) is 17.6 Å². The van der Waals surface area contributed by atoms with Crippen LogP contribution in [0.25, 0.3) is 0 Å². The molecule has 1 heterocycles. The molecule has 4 nitrogen and oxygen atoms in total. The Morgan fingerprint density at radius 3 is 2.81 bits per heavy atom. The Bertz CT molecular complexity index is 213. The maximum Gasteiger partial charge on any atom is 0.225 e. The molecule has 1 aliphatic heterocycles. The summed E-state index contributed by atoms with van der Waals surface area (Å²) < 4.78 is 5.32. The summed E-state index contributed by atoms with van der Waals surface area (Å²) in [6, 6.07) is 0.194. The SMILES string of the molecule is CC(C)C(CCN)NC(=O)C1CCCOC1. The first-order valence-corrected chi connectivity index (χ1v) is 6.23. The van der Waals surface area contributed by atoms with Gasteiger partial charge in [0.2, 0.25) is 5.91 Å². The highest BCUT2D eigenvalue weighted by Crippen LogP contribution is 2.15. The van der Waals surface area contributed by atoms with Gasteiger partial charge in [0.05, 0.1) is 12.5 Å². The Kier molecular flexibility index (Phi) is 5.77. The van der Waals surface area contributed by atoms with E-state index in [9.17, 15) is 4.79 Å². The Morgan fingerprint density at radius 2 is 2.31 bits per heavy atom. The fourth-order valence-corrected chi connectivity index (χ4v) is 2.00. The lowest BCUT2D eigenvalue weighted by molar-refractivity contribution is -0.130. The van der Waals surface area contributed by atoms with Gasteiger partial charge >= 0.3 is 0 Å². The number of rotatable bonds is 5. The zero-order chi connectivity index (χ0) is 12.0. The van der Waals surface area contributed by atoms with Gasteiger partial charge in [-0.05, 0) is 31.7 Å². The summed E-state index contributed by atoms with van der Waals surface area (Å²) in [5.41, 5.74) is 5.55. The molecule has 0 aromatic carbocycles. The molecule has 0 aromatic heterocycles. The van der Waals surface area contributed by atoms with Crippen LogP contribution in [0.5, 0.6) is 0 Å². The predicted octanol–water partition coefficient (Wildman–Crippen LogP) is 0.903. The van der Waals surface area contributed by atoms with Crippen LogP contribution in [-0.2, 0) is 9.53 Å².